The molecular weight excluding hydrogens is 416 g/mol. The van der Waals surface area contributed by atoms with Gasteiger partial charge in [-0.25, -0.2) is 0 Å². The van der Waals surface area contributed by atoms with E-state index < -0.39 is 0 Å². The molecule has 0 radical (unpaired) electrons. The third-order valence-electron chi connectivity index (χ3n) is 4.60. The van der Waals surface area contributed by atoms with Gasteiger partial charge in [-0.3, -0.25) is 9.59 Å². The van der Waals surface area contributed by atoms with Crippen LogP contribution in [-0.2, 0) is 16.0 Å². The number of benzene rings is 3. The molecule has 0 spiro atoms. The summed E-state index contributed by atoms with van der Waals surface area (Å²) in [5.74, 6) is -0.157. The lowest BCUT2D eigenvalue weighted by Crippen LogP contribution is -2.27. The van der Waals surface area contributed by atoms with Crippen LogP contribution in [0.4, 0.5) is 5.69 Å². The van der Waals surface area contributed by atoms with Gasteiger partial charge >= 0.3 is 0 Å². The highest BCUT2D eigenvalue weighted by molar-refractivity contribution is 9.10. The minimum Gasteiger partial charge on any atom is -0.356 e. The third-order valence-corrected chi connectivity index (χ3v) is 5.10. The van der Waals surface area contributed by atoms with Crippen LogP contribution in [0.5, 0.6) is 0 Å². The molecule has 28 heavy (non-hydrogen) atoms. The van der Waals surface area contributed by atoms with E-state index in [1.165, 1.54) is 10.8 Å². The van der Waals surface area contributed by atoms with Crippen molar-refractivity contribution in [3.8, 4) is 0 Å². The van der Waals surface area contributed by atoms with Crippen molar-refractivity contribution < 1.29 is 9.59 Å². The molecule has 2 N–H and O–H groups in total. The smallest absolute Gasteiger partial charge is 0.226 e. The number of carbonyl (C=O) groups is 2. The van der Waals surface area contributed by atoms with Gasteiger partial charge in [0, 0.05) is 29.5 Å². The molecule has 0 bridgehead atoms. The molecule has 4 nitrogen and oxygen atoms in total. The molecule has 2 amide bonds. The van der Waals surface area contributed by atoms with E-state index in [0.717, 1.165) is 21.3 Å². The first-order valence-electron chi connectivity index (χ1n) is 9.31. The average molecular weight is 439 g/mol. The first-order valence-corrected chi connectivity index (χ1v) is 10.1. The predicted octanol–water partition coefficient (Wildman–Crippen LogP) is 4.99. The Kier molecular flexibility index (Phi) is 6.82. The van der Waals surface area contributed by atoms with Gasteiger partial charge in [0.1, 0.15) is 0 Å². The quantitative estimate of drug-likeness (QED) is 0.545. The largest absolute Gasteiger partial charge is 0.356 e. The Labute approximate surface area is 173 Å². The highest BCUT2D eigenvalue weighted by atomic mass is 79.9. The lowest BCUT2D eigenvalue weighted by atomic mass is 10.0. The molecule has 0 saturated heterocycles. The van der Waals surface area contributed by atoms with Crippen LogP contribution in [0.2, 0.25) is 0 Å². The number of aryl methyl sites for hydroxylation is 2. The maximum atomic E-state index is 12.1. The molecule has 0 aliphatic rings. The zero-order chi connectivity index (χ0) is 19.9. The van der Waals surface area contributed by atoms with Gasteiger partial charge in [0.2, 0.25) is 11.8 Å². The second-order valence-electron chi connectivity index (χ2n) is 6.79. The van der Waals surface area contributed by atoms with Gasteiger partial charge in [0.15, 0.2) is 0 Å². The molecule has 3 aromatic rings. The summed E-state index contributed by atoms with van der Waals surface area (Å²) in [5.41, 5.74) is 2.91. The topological polar surface area (TPSA) is 58.2 Å². The lowest BCUT2D eigenvalue weighted by Gasteiger charge is -2.10. The van der Waals surface area contributed by atoms with Crippen LogP contribution in [0.3, 0.4) is 0 Å². The van der Waals surface area contributed by atoms with Crippen molar-refractivity contribution in [2.75, 3.05) is 11.9 Å². The predicted molar refractivity (Wildman–Crippen MR) is 117 cm³/mol. The van der Waals surface area contributed by atoms with Gasteiger partial charge in [-0.05, 0) is 47.4 Å². The second-order valence-corrected chi connectivity index (χ2v) is 7.70. The van der Waals surface area contributed by atoms with E-state index in [1.807, 2.05) is 37.3 Å². The first-order chi connectivity index (χ1) is 13.5. The highest BCUT2D eigenvalue weighted by Crippen LogP contribution is 2.20. The summed E-state index contributed by atoms with van der Waals surface area (Å²) < 4.78 is 0.912. The van der Waals surface area contributed by atoms with Crippen LogP contribution in [0.25, 0.3) is 10.8 Å². The SMILES string of the molecule is Cc1ccc(Br)cc1NC(=O)CCNC(=O)CCc1ccc2ccccc2c1. The summed E-state index contributed by atoms with van der Waals surface area (Å²) in [5, 5.41) is 8.08. The maximum Gasteiger partial charge on any atom is 0.226 e. The molecule has 5 heteroatoms. The van der Waals surface area contributed by atoms with Gasteiger partial charge in [-0.15, -0.1) is 0 Å². The molecule has 0 unspecified atom stereocenters. The Morgan fingerprint density at radius 1 is 0.893 bits per heavy atom. The number of carbonyl (C=O) groups excluding carboxylic acids is 2. The molecule has 144 valence electrons. The Morgan fingerprint density at radius 3 is 2.50 bits per heavy atom. The Morgan fingerprint density at radius 2 is 1.68 bits per heavy atom. The van der Waals surface area contributed by atoms with Crippen LogP contribution in [0.1, 0.15) is 24.0 Å². The molecule has 0 aromatic heterocycles. The molecule has 3 aromatic carbocycles. The van der Waals surface area contributed by atoms with E-state index in [1.54, 1.807) is 0 Å². The minimum absolute atomic E-state index is 0.0420. The number of nitrogens with one attached hydrogen (secondary N) is 2. The first kappa shape index (κ1) is 20.1. The van der Waals surface area contributed by atoms with Crippen molar-refractivity contribution in [1.82, 2.24) is 5.32 Å². The van der Waals surface area contributed by atoms with E-state index >= 15 is 0 Å². The molecule has 0 aliphatic carbocycles. The number of fused-ring (bicyclic) bond motifs is 1. The molecule has 0 aliphatic heterocycles. The number of amides is 2. The summed E-state index contributed by atoms with van der Waals surface area (Å²) in [6, 6.07) is 20.2. The van der Waals surface area contributed by atoms with E-state index in [-0.39, 0.29) is 18.2 Å². The lowest BCUT2D eigenvalue weighted by molar-refractivity contribution is -0.121. The minimum atomic E-state index is -0.115. The fourth-order valence-electron chi connectivity index (χ4n) is 3.00. The van der Waals surface area contributed by atoms with Gasteiger partial charge in [0.25, 0.3) is 0 Å². The Balaban J connectivity index is 1.41. The fraction of sp³-hybridized carbons (Fsp3) is 0.217. The van der Waals surface area contributed by atoms with Crippen molar-refractivity contribution >= 4 is 44.2 Å². The molecule has 0 saturated carbocycles. The van der Waals surface area contributed by atoms with Gasteiger partial charge < -0.3 is 10.6 Å². The van der Waals surface area contributed by atoms with Crippen molar-refractivity contribution in [1.29, 1.82) is 0 Å². The normalized spacial score (nSPS) is 10.6. The maximum absolute atomic E-state index is 12.1. The summed E-state index contributed by atoms with van der Waals surface area (Å²) >= 11 is 3.40. The van der Waals surface area contributed by atoms with Crippen molar-refractivity contribution in [2.24, 2.45) is 0 Å². The van der Waals surface area contributed by atoms with Crippen LogP contribution in [-0.4, -0.2) is 18.4 Å². The standard InChI is InChI=1S/C23H23BrN2O2/c1-16-6-10-20(24)15-21(16)26-23(28)12-13-25-22(27)11-8-17-7-9-18-4-2-3-5-19(18)14-17/h2-7,9-10,14-15H,8,11-13H2,1H3,(H,25,27)(H,26,28). The van der Waals surface area contributed by atoms with E-state index in [9.17, 15) is 9.59 Å². The Bertz CT molecular complexity index is 1000. The summed E-state index contributed by atoms with van der Waals surface area (Å²) in [4.78, 5) is 24.2. The molecule has 0 fully saturated rings. The number of halogens is 1. The van der Waals surface area contributed by atoms with E-state index in [0.29, 0.717) is 19.4 Å². The summed E-state index contributed by atoms with van der Waals surface area (Å²) in [6.45, 7) is 2.27. The number of rotatable bonds is 7. The van der Waals surface area contributed by atoms with E-state index in [2.05, 4.69) is 56.9 Å². The van der Waals surface area contributed by atoms with Gasteiger partial charge in [-0.2, -0.15) is 0 Å². The summed E-state index contributed by atoms with van der Waals surface area (Å²) in [7, 11) is 0. The van der Waals surface area contributed by atoms with Crippen LogP contribution in [0, 0.1) is 6.92 Å². The zero-order valence-electron chi connectivity index (χ0n) is 15.8. The van der Waals surface area contributed by atoms with Gasteiger partial charge in [-0.1, -0.05) is 64.5 Å². The van der Waals surface area contributed by atoms with Gasteiger partial charge in [0.05, 0.1) is 0 Å². The molecule has 0 heterocycles. The van der Waals surface area contributed by atoms with E-state index in [4.69, 9.17) is 0 Å². The van der Waals surface area contributed by atoms with Crippen molar-refractivity contribution in [3.63, 3.8) is 0 Å². The van der Waals surface area contributed by atoms with Crippen molar-refractivity contribution in [2.45, 2.75) is 26.2 Å². The zero-order valence-corrected chi connectivity index (χ0v) is 17.4. The monoisotopic (exact) mass is 438 g/mol. The Hall–Kier alpha value is -2.66. The van der Waals surface area contributed by atoms with Crippen LogP contribution >= 0.6 is 15.9 Å². The summed E-state index contributed by atoms with van der Waals surface area (Å²) in [6.07, 6.45) is 1.33. The number of anilines is 1. The molecule has 3 rings (SSSR count). The molecule has 0 atom stereocenters. The van der Waals surface area contributed by atoms with Crippen LogP contribution in [0.15, 0.2) is 65.1 Å². The number of hydrogen-bond donors (Lipinski definition) is 2. The third kappa shape index (κ3) is 5.67. The highest BCUT2D eigenvalue weighted by Gasteiger charge is 2.07. The van der Waals surface area contributed by atoms with Crippen LogP contribution < -0.4 is 10.6 Å². The fourth-order valence-corrected chi connectivity index (χ4v) is 3.36. The average Bonchev–Trinajstić information content (AvgIpc) is 2.69. The van der Waals surface area contributed by atoms with Crippen molar-refractivity contribution in [3.05, 3.63) is 76.3 Å². The second kappa shape index (κ2) is 9.51. The number of hydrogen-bond acceptors (Lipinski definition) is 2. The molecular formula is C23H23BrN2O2.